The first-order valence-corrected chi connectivity index (χ1v) is 4.75. The van der Waals surface area contributed by atoms with E-state index in [1.807, 2.05) is 16.9 Å². The predicted octanol–water partition coefficient (Wildman–Crippen LogP) is -0.0256. The first-order valence-electron chi connectivity index (χ1n) is 3.19. The number of aryl methyl sites for hydroxylation is 1. The van der Waals surface area contributed by atoms with Crippen LogP contribution >= 0.6 is 7.82 Å². The number of nitrogens with zero attached hydrogens (tertiary/aromatic N) is 2. The Kier molecular flexibility index (Phi) is 4.77. The van der Waals surface area contributed by atoms with Crippen molar-refractivity contribution in [2.75, 3.05) is 0 Å². The summed E-state index contributed by atoms with van der Waals surface area (Å²) in [5, 5.41) is 3.95. The lowest BCUT2D eigenvalue weighted by atomic mass is 10.7. The van der Waals surface area contributed by atoms with Crippen molar-refractivity contribution in [3.8, 4) is 0 Å². The fourth-order valence-corrected chi connectivity index (χ4v) is 0.488. The van der Waals surface area contributed by atoms with E-state index in [2.05, 4.69) is 12.0 Å². The van der Waals surface area contributed by atoms with Crippen molar-refractivity contribution in [2.24, 2.45) is 0 Å². The molecule has 0 atom stereocenters. The molecule has 0 spiro atoms. The maximum atomic E-state index is 8.88. The Morgan fingerprint density at radius 3 is 2.17 bits per heavy atom. The zero-order valence-corrected chi connectivity index (χ0v) is 7.43. The van der Waals surface area contributed by atoms with E-state index in [4.69, 9.17) is 19.2 Å². The van der Waals surface area contributed by atoms with Crippen LogP contribution in [0.4, 0.5) is 0 Å². The van der Waals surface area contributed by atoms with Gasteiger partial charge in [-0.2, -0.15) is 5.10 Å². The predicted molar refractivity (Wildman–Crippen MR) is 42.2 cm³/mol. The summed E-state index contributed by atoms with van der Waals surface area (Å²) >= 11 is 0. The second-order valence-corrected chi connectivity index (χ2v) is 2.90. The Bertz CT molecular complexity index is 234. The topological polar surface area (TPSA) is 95.6 Å². The molecular formula is C5H11N2O4P. The van der Waals surface area contributed by atoms with E-state index in [9.17, 15) is 0 Å². The molecule has 0 fully saturated rings. The van der Waals surface area contributed by atoms with Crippen LogP contribution in [-0.2, 0) is 11.1 Å². The zero-order valence-electron chi connectivity index (χ0n) is 6.53. The summed E-state index contributed by atoms with van der Waals surface area (Å²) in [6, 6.07) is 1.92. The maximum Gasteiger partial charge on any atom is 0.466 e. The molecule has 70 valence electrons. The van der Waals surface area contributed by atoms with Gasteiger partial charge in [-0.05, 0) is 13.0 Å². The minimum Gasteiger partial charge on any atom is -0.303 e. The molecule has 0 aliphatic carbocycles. The molecule has 1 aromatic heterocycles. The maximum absolute atomic E-state index is 8.88. The summed E-state index contributed by atoms with van der Waals surface area (Å²) in [7, 11) is -4.64. The Morgan fingerprint density at radius 1 is 1.50 bits per heavy atom. The highest BCUT2D eigenvalue weighted by molar-refractivity contribution is 7.45. The first kappa shape index (κ1) is 11.3. The summed E-state index contributed by atoms with van der Waals surface area (Å²) in [4.78, 5) is 21.6. The van der Waals surface area contributed by atoms with Crippen molar-refractivity contribution in [3.63, 3.8) is 0 Å². The Hall–Kier alpha value is -0.680. The molecule has 0 unspecified atom stereocenters. The van der Waals surface area contributed by atoms with Crippen molar-refractivity contribution >= 4 is 7.82 Å². The third kappa shape index (κ3) is 9.32. The van der Waals surface area contributed by atoms with Crippen LogP contribution in [0.25, 0.3) is 0 Å². The molecule has 0 amide bonds. The van der Waals surface area contributed by atoms with Crippen molar-refractivity contribution in [1.29, 1.82) is 0 Å². The largest absolute Gasteiger partial charge is 0.466 e. The third-order valence-electron chi connectivity index (χ3n) is 0.883. The van der Waals surface area contributed by atoms with Gasteiger partial charge in [0.15, 0.2) is 0 Å². The molecule has 0 aliphatic heterocycles. The van der Waals surface area contributed by atoms with Crippen molar-refractivity contribution < 1.29 is 19.2 Å². The van der Waals surface area contributed by atoms with Gasteiger partial charge in [0.2, 0.25) is 0 Å². The Labute approximate surface area is 69.7 Å². The van der Waals surface area contributed by atoms with Gasteiger partial charge in [-0.3, -0.25) is 4.68 Å². The van der Waals surface area contributed by atoms with Crippen LogP contribution in [-0.4, -0.2) is 24.5 Å². The average molecular weight is 194 g/mol. The molecule has 1 heterocycles. The van der Waals surface area contributed by atoms with Crippen LogP contribution in [0.2, 0.25) is 0 Å². The molecule has 1 aromatic rings. The van der Waals surface area contributed by atoms with Gasteiger partial charge in [0, 0.05) is 18.9 Å². The molecule has 7 heteroatoms. The highest BCUT2D eigenvalue weighted by atomic mass is 31.2. The minimum atomic E-state index is -4.64. The van der Waals surface area contributed by atoms with E-state index >= 15 is 0 Å². The minimum absolute atomic E-state index is 0.965. The average Bonchev–Trinajstić information content (AvgIpc) is 2.33. The summed E-state index contributed by atoms with van der Waals surface area (Å²) in [6.07, 6.45) is 3.73. The van der Waals surface area contributed by atoms with E-state index in [0.717, 1.165) is 6.54 Å². The normalized spacial score (nSPS) is 10.3. The molecule has 0 bridgehead atoms. The molecule has 6 nitrogen and oxygen atoms in total. The van der Waals surface area contributed by atoms with Gasteiger partial charge < -0.3 is 14.7 Å². The molecule has 12 heavy (non-hydrogen) atoms. The van der Waals surface area contributed by atoms with Crippen LogP contribution in [0.1, 0.15) is 6.92 Å². The standard InChI is InChI=1S/C5H8N2.H3O4P/c1-2-7-5-3-4-6-7;1-5(2,3)4/h3-5H,2H2,1H3;(H3,1,2,3,4). The molecule has 0 radical (unpaired) electrons. The van der Waals surface area contributed by atoms with E-state index in [1.165, 1.54) is 0 Å². The molecule has 0 aromatic carbocycles. The quantitative estimate of drug-likeness (QED) is 0.546. The van der Waals surface area contributed by atoms with E-state index in [1.54, 1.807) is 6.20 Å². The number of hydrogen-bond donors (Lipinski definition) is 3. The lowest BCUT2D eigenvalue weighted by Gasteiger charge is -1.87. The molecule has 3 N–H and O–H groups in total. The highest BCUT2D eigenvalue weighted by Gasteiger charge is 2.00. The van der Waals surface area contributed by atoms with Gasteiger partial charge in [-0.1, -0.05) is 0 Å². The lowest BCUT2D eigenvalue weighted by molar-refractivity contribution is 0.275. The number of rotatable bonds is 1. The Morgan fingerprint density at radius 2 is 2.00 bits per heavy atom. The van der Waals surface area contributed by atoms with Crippen LogP contribution < -0.4 is 0 Å². The van der Waals surface area contributed by atoms with E-state index in [0.29, 0.717) is 0 Å². The summed E-state index contributed by atoms with van der Waals surface area (Å²) < 4.78 is 10.8. The van der Waals surface area contributed by atoms with E-state index in [-0.39, 0.29) is 0 Å². The summed E-state index contributed by atoms with van der Waals surface area (Å²) in [6.45, 7) is 3.03. The third-order valence-corrected chi connectivity index (χ3v) is 0.883. The van der Waals surface area contributed by atoms with Crippen molar-refractivity contribution in [3.05, 3.63) is 18.5 Å². The molecule has 1 rings (SSSR count). The van der Waals surface area contributed by atoms with Gasteiger partial charge in [0.25, 0.3) is 0 Å². The first-order chi connectivity index (χ1) is 5.43. The molecule has 0 saturated carbocycles. The fraction of sp³-hybridized carbons (Fsp3) is 0.400. The second kappa shape index (κ2) is 5.05. The summed E-state index contributed by atoms with van der Waals surface area (Å²) in [5.41, 5.74) is 0. The number of phosphoric acid groups is 1. The monoisotopic (exact) mass is 194 g/mol. The zero-order chi connectivity index (χ0) is 9.61. The Balaban J connectivity index is 0.000000217. The highest BCUT2D eigenvalue weighted by Crippen LogP contribution is 2.25. The van der Waals surface area contributed by atoms with Crippen LogP contribution in [0.5, 0.6) is 0 Å². The van der Waals surface area contributed by atoms with Crippen LogP contribution in [0.3, 0.4) is 0 Å². The van der Waals surface area contributed by atoms with Gasteiger partial charge in [0.05, 0.1) is 0 Å². The van der Waals surface area contributed by atoms with Gasteiger partial charge in [-0.15, -0.1) is 0 Å². The van der Waals surface area contributed by atoms with Crippen LogP contribution in [0.15, 0.2) is 18.5 Å². The van der Waals surface area contributed by atoms with Gasteiger partial charge >= 0.3 is 7.82 Å². The molecule has 0 aliphatic rings. The fourth-order valence-electron chi connectivity index (χ4n) is 0.488. The van der Waals surface area contributed by atoms with Gasteiger partial charge in [-0.25, -0.2) is 4.57 Å². The smallest absolute Gasteiger partial charge is 0.303 e. The number of aromatic nitrogens is 2. The molecular weight excluding hydrogens is 183 g/mol. The SMILES string of the molecule is CCn1cccn1.O=P(O)(O)O. The van der Waals surface area contributed by atoms with Crippen molar-refractivity contribution in [2.45, 2.75) is 13.5 Å². The lowest BCUT2D eigenvalue weighted by Crippen LogP contribution is -1.91. The summed E-state index contributed by atoms with van der Waals surface area (Å²) in [5.74, 6) is 0. The number of hydrogen-bond acceptors (Lipinski definition) is 2. The van der Waals surface area contributed by atoms with Gasteiger partial charge in [0.1, 0.15) is 0 Å². The van der Waals surface area contributed by atoms with E-state index < -0.39 is 7.82 Å². The second-order valence-electron chi connectivity index (χ2n) is 1.88. The molecule has 0 saturated heterocycles. The van der Waals surface area contributed by atoms with Crippen LogP contribution in [0, 0.1) is 0 Å². The van der Waals surface area contributed by atoms with Crippen molar-refractivity contribution in [1.82, 2.24) is 9.78 Å².